The van der Waals surface area contributed by atoms with Gasteiger partial charge in [-0.15, -0.1) is 0 Å². The van der Waals surface area contributed by atoms with Crippen molar-refractivity contribution >= 4 is 5.69 Å². The van der Waals surface area contributed by atoms with E-state index in [-0.39, 0.29) is 0 Å². The first kappa shape index (κ1) is 10.4. The summed E-state index contributed by atoms with van der Waals surface area (Å²) in [6, 6.07) is 0. The summed E-state index contributed by atoms with van der Waals surface area (Å²) >= 11 is 0. The van der Waals surface area contributed by atoms with Gasteiger partial charge >= 0.3 is 0 Å². The van der Waals surface area contributed by atoms with E-state index in [2.05, 4.69) is 15.3 Å². The molecule has 0 unspecified atom stereocenters. The Bertz CT molecular complexity index is 333. The minimum absolute atomic E-state index is 0.604. The zero-order valence-corrected chi connectivity index (χ0v) is 9.16. The number of rotatable bonds is 4. The van der Waals surface area contributed by atoms with Crippen LogP contribution in [0.3, 0.4) is 0 Å². The number of anilines is 1. The summed E-state index contributed by atoms with van der Waals surface area (Å²) in [6.07, 6.45) is 5.69. The van der Waals surface area contributed by atoms with Gasteiger partial charge in [-0.3, -0.25) is 0 Å². The predicted octanol–water partition coefficient (Wildman–Crippen LogP) is 1.42. The quantitative estimate of drug-likeness (QED) is 0.782. The second-order valence-electron chi connectivity index (χ2n) is 4.07. The van der Waals surface area contributed by atoms with Gasteiger partial charge in [0.05, 0.1) is 17.6 Å². The van der Waals surface area contributed by atoms with Crippen molar-refractivity contribution in [3.8, 4) is 0 Å². The van der Waals surface area contributed by atoms with Crippen LogP contribution in [0, 0.1) is 6.92 Å². The van der Waals surface area contributed by atoms with E-state index in [1.165, 1.54) is 19.3 Å². The molecule has 1 aliphatic rings. The predicted molar refractivity (Wildman–Crippen MR) is 60.9 cm³/mol. The standard InChI is InChI=1S/C11H18N4/c1-8-10(13-6-5-12)7-14-11(15-8)9-3-2-4-9/h7,9,13H,2-6,12H2,1H3. The second-order valence-corrected chi connectivity index (χ2v) is 4.07. The van der Waals surface area contributed by atoms with Crippen LogP contribution in [0.1, 0.15) is 36.7 Å². The maximum atomic E-state index is 5.43. The summed E-state index contributed by atoms with van der Waals surface area (Å²) in [5.74, 6) is 1.62. The van der Waals surface area contributed by atoms with Crippen LogP contribution in [0.2, 0.25) is 0 Å². The molecule has 3 N–H and O–H groups in total. The van der Waals surface area contributed by atoms with E-state index in [0.29, 0.717) is 12.5 Å². The Morgan fingerprint density at radius 3 is 2.87 bits per heavy atom. The molecule has 1 heterocycles. The first-order valence-electron chi connectivity index (χ1n) is 5.58. The first-order valence-corrected chi connectivity index (χ1v) is 5.58. The molecule has 4 heteroatoms. The lowest BCUT2D eigenvalue weighted by Crippen LogP contribution is -2.16. The van der Waals surface area contributed by atoms with Crippen LogP contribution in [0.25, 0.3) is 0 Å². The van der Waals surface area contributed by atoms with Crippen LogP contribution in [0.5, 0.6) is 0 Å². The SMILES string of the molecule is Cc1nc(C2CCC2)ncc1NCCN. The van der Waals surface area contributed by atoms with Crippen molar-refractivity contribution in [2.24, 2.45) is 5.73 Å². The van der Waals surface area contributed by atoms with Gasteiger partial charge in [0.2, 0.25) is 0 Å². The molecule has 0 saturated heterocycles. The van der Waals surface area contributed by atoms with E-state index in [9.17, 15) is 0 Å². The van der Waals surface area contributed by atoms with Gasteiger partial charge < -0.3 is 11.1 Å². The Morgan fingerprint density at radius 1 is 1.53 bits per heavy atom. The van der Waals surface area contributed by atoms with Crippen molar-refractivity contribution in [1.29, 1.82) is 0 Å². The van der Waals surface area contributed by atoms with Crippen molar-refractivity contribution < 1.29 is 0 Å². The highest BCUT2D eigenvalue weighted by atomic mass is 15.0. The fraction of sp³-hybridized carbons (Fsp3) is 0.636. The van der Waals surface area contributed by atoms with Crippen LogP contribution in [0.4, 0.5) is 5.69 Å². The number of aryl methyl sites for hydroxylation is 1. The molecule has 4 nitrogen and oxygen atoms in total. The molecular formula is C11H18N4. The van der Waals surface area contributed by atoms with E-state index in [4.69, 9.17) is 5.73 Å². The van der Waals surface area contributed by atoms with Gasteiger partial charge in [0, 0.05) is 19.0 Å². The van der Waals surface area contributed by atoms with Gasteiger partial charge in [-0.25, -0.2) is 9.97 Å². The summed E-state index contributed by atoms with van der Waals surface area (Å²) < 4.78 is 0. The van der Waals surface area contributed by atoms with Crippen LogP contribution in [0.15, 0.2) is 6.20 Å². The number of hydrogen-bond acceptors (Lipinski definition) is 4. The molecule has 0 aliphatic heterocycles. The van der Waals surface area contributed by atoms with Crippen molar-refractivity contribution in [2.75, 3.05) is 18.4 Å². The topological polar surface area (TPSA) is 63.8 Å². The average Bonchev–Trinajstić information content (AvgIpc) is 2.14. The van der Waals surface area contributed by atoms with E-state index in [0.717, 1.165) is 23.8 Å². The lowest BCUT2D eigenvalue weighted by molar-refractivity contribution is 0.401. The summed E-state index contributed by atoms with van der Waals surface area (Å²) in [5, 5.41) is 3.21. The molecule has 0 atom stereocenters. The summed E-state index contributed by atoms with van der Waals surface area (Å²) in [7, 11) is 0. The molecule has 1 saturated carbocycles. The number of hydrogen-bond donors (Lipinski definition) is 2. The lowest BCUT2D eigenvalue weighted by Gasteiger charge is -2.24. The zero-order chi connectivity index (χ0) is 10.7. The number of nitrogens with one attached hydrogen (secondary N) is 1. The molecule has 0 bridgehead atoms. The third kappa shape index (κ3) is 2.26. The smallest absolute Gasteiger partial charge is 0.131 e. The van der Waals surface area contributed by atoms with E-state index < -0.39 is 0 Å². The van der Waals surface area contributed by atoms with Crippen molar-refractivity contribution in [1.82, 2.24) is 9.97 Å². The van der Waals surface area contributed by atoms with Gasteiger partial charge in [0.25, 0.3) is 0 Å². The molecule has 0 aromatic carbocycles. The van der Waals surface area contributed by atoms with Gasteiger partial charge in [-0.05, 0) is 19.8 Å². The molecule has 0 amide bonds. The Morgan fingerprint density at radius 2 is 2.33 bits per heavy atom. The average molecular weight is 206 g/mol. The van der Waals surface area contributed by atoms with Crippen LogP contribution < -0.4 is 11.1 Å². The van der Waals surface area contributed by atoms with Crippen LogP contribution in [-0.2, 0) is 0 Å². The first-order chi connectivity index (χ1) is 7.31. The molecule has 82 valence electrons. The van der Waals surface area contributed by atoms with Gasteiger partial charge in [0.15, 0.2) is 0 Å². The molecule has 15 heavy (non-hydrogen) atoms. The summed E-state index contributed by atoms with van der Waals surface area (Å²) in [6.45, 7) is 3.42. The Kier molecular flexibility index (Phi) is 3.16. The molecule has 1 aromatic heterocycles. The molecule has 1 aromatic rings. The van der Waals surface area contributed by atoms with Gasteiger partial charge in [0.1, 0.15) is 5.82 Å². The largest absolute Gasteiger partial charge is 0.381 e. The van der Waals surface area contributed by atoms with Crippen molar-refractivity contribution in [3.63, 3.8) is 0 Å². The molecule has 1 fully saturated rings. The number of aromatic nitrogens is 2. The molecule has 0 spiro atoms. The fourth-order valence-corrected chi connectivity index (χ4v) is 1.73. The molecule has 1 aliphatic carbocycles. The minimum atomic E-state index is 0.604. The maximum Gasteiger partial charge on any atom is 0.131 e. The molecule has 2 rings (SSSR count). The highest BCUT2D eigenvalue weighted by Gasteiger charge is 2.22. The fourth-order valence-electron chi connectivity index (χ4n) is 1.73. The van der Waals surface area contributed by atoms with Crippen molar-refractivity contribution in [2.45, 2.75) is 32.1 Å². The van der Waals surface area contributed by atoms with Gasteiger partial charge in [-0.2, -0.15) is 0 Å². The highest BCUT2D eigenvalue weighted by molar-refractivity contribution is 5.45. The van der Waals surface area contributed by atoms with Crippen molar-refractivity contribution in [3.05, 3.63) is 17.7 Å². The normalized spacial score (nSPS) is 16.1. The molecule has 0 radical (unpaired) electrons. The van der Waals surface area contributed by atoms with E-state index >= 15 is 0 Å². The Balaban J connectivity index is 2.07. The third-order valence-corrected chi connectivity index (χ3v) is 2.93. The van der Waals surface area contributed by atoms with E-state index in [1.807, 2.05) is 13.1 Å². The Hall–Kier alpha value is -1.16. The number of nitrogens with zero attached hydrogens (tertiary/aromatic N) is 2. The highest BCUT2D eigenvalue weighted by Crippen LogP contribution is 2.34. The minimum Gasteiger partial charge on any atom is -0.381 e. The van der Waals surface area contributed by atoms with Crippen LogP contribution >= 0.6 is 0 Å². The number of nitrogens with two attached hydrogens (primary N) is 1. The third-order valence-electron chi connectivity index (χ3n) is 2.93. The summed E-state index contributed by atoms with van der Waals surface area (Å²) in [5.41, 5.74) is 7.46. The Labute approximate surface area is 90.3 Å². The maximum absolute atomic E-state index is 5.43. The van der Waals surface area contributed by atoms with E-state index in [1.54, 1.807) is 0 Å². The zero-order valence-electron chi connectivity index (χ0n) is 9.16. The molecular weight excluding hydrogens is 188 g/mol. The second kappa shape index (κ2) is 4.57. The monoisotopic (exact) mass is 206 g/mol. The van der Waals surface area contributed by atoms with Gasteiger partial charge in [-0.1, -0.05) is 6.42 Å². The van der Waals surface area contributed by atoms with Crippen LogP contribution in [-0.4, -0.2) is 23.1 Å². The lowest BCUT2D eigenvalue weighted by atomic mass is 9.85. The summed E-state index contributed by atoms with van der Waals surface area (Å²) in [4.78, 5) is 8.93.